The van der Waals surface area contributed by atoms with Gasteiger partial charge in [0, 0.05) is 37.5 Å². The van der Waals surface area contributed by atoms with Gasteiger partial charge < -0.3 is 10.0 Å². The van der Waals surface area contributed by atoms with Crippen molar-refractivity contribution in [2.75, 3.05) is 26.2 Å². The standard InChI is InChI=1S/C17H22N6O/c1-21-15(4-7-18-21)14-2-3-16-19-17(20-23(16)12-14)13-5-8-22(9-6-13)10-11-24/h2-4,7,12-13,24H,5-6,8-11H2,1H3. The number of β-amino-alcohol motifs (C(OH)–C–C–N with tert-alkyl or cyclic N) is 1. The molecule has 3 aromatic heterocycles. The van der Waals surface area contributed by atoms with Crippen LogP contribution in [0, 0.1) is 0 Å². The van der Waals surface area contributed by atoms with Crippen molar-refractivity contribution >= 4 is 5.65 Å². The number of rotatable bonds is 4. The van der Waals surface area contributed by atoms with Crippen LogP contribution in [0.2, 0.25) is 0 Å². The number of aryl methyl sites for hydroxylation is 1. The van der Waals surface area contributed by atoms with E-state index >= 15 is 0 Å². The third-order valence-electron chi connectivity index (χ3n) is 4.83. The average molecular weight is 326 g/mol. The van der Waals surface area contributed by atoms with Gasteiger partial charge in [0.1, 0.15) is 0 Å². The topological polar surface area (TPSA) is 71.5 Å². The van der Waals surface area contributed by atoms with E-state index in [1.165, 1.54) is 0 Å². The Hall–Kier alpha value is -2.25. The Labute approximate surface area is 140 Å². The molecule has 1 aliphatic heterocycles. The minimum absolute atomic E-state index is 0.230. The zero-order chi connectivity index (χ0) is 16.5. The molecule has 1 N–H and O–H groups in total. The van der Waals surface area contributed by atoms with Gasteiger partial charge in [0.15, 0.2) is 11.5 Å². The number of likely N-dealkylation sites (tertiary alicyclic amines) is 1. The lowest BCUT2D eigenvalue weighted by Gasteiger charge is -2.29. The van der Waals surface area contributed by atoms with Gasteiger partial charge in [-0.05, 0) is 44.1 Å². The minimum atomic E-state index is 0.230. The Balaban J connectivity index is 1.57. The van der Waals surface area contributed by atoms with Gasteiger partial charge in [-0.25, -0.2) is 9.50 Å². The quantitative estimate of drug-likeness (QED) is 0.782. The molecular weight excluding hydrogens is 304 g/mol. The number of fused-ring (bicyclic) bond motifs is 1. The lowest BCUT2D eigenvalue weighted by Crippen LogP contribution is -2.35. The summed E-state index contributed by atoms with van der Waals surface area (Å²) < 4.78 is 3.73. The van der Waals surface area contributed by atoms with Crippen LogP contribution >= 0.6 is 0 Å². The van der Waals surface area contributed by atoms with Crippen LogP contribution in [0.5, 0.6) is 0 Å². The van der Waals surface area contributed by atoms with E-state index in [0.29, 0.717) is 5.92 Å². The molecule has 24 heavy (non-hydrogen) atoms. The summed E-state index contributed by atoms with van der Waals surface area (Å²) in [5.74, 6) is 1.33. The Bertz CT molecular complexity index is 831. The molecule has 0 saturated carbocycles. The van der Waals surface area contributed by atoms with Crippen LogP contribution in [0.3, 0.4) is 0 Å². The molecule has 0 aliphatic carbocycles. The van der Waals surface area contributed by atoms with Crippen LogP contribution in [-0.4, -0.2) is 60.6 Å². The molecule has 7 heteroatoms. The highest BCUT2D eigenvalue weighted by Crippen LogP contribution is 2.26. The van der Waals surface area contributed by atoms with E-state index in [0.717, 1.165) is 55.2 Å². The van der Waals surface area contributed by atoms with Crippen LogP contribution in [0.1, 0.15) is 24.6 Å². The first-order valence-electron chi connectivity index (χ1n) is 8.42. The molecule has 7 nitrogen and oxygen atoms in total. The summed E-state index contributed by atoms with van der Waals surface area (Å²) in [5, 5.41) is 18.0. The first kappa shape index (κ1) is 15.3. The Morgan fingerprint density at radius 3 is 2.75 bits per heavy atom. The summed E-state index contributed by atoms with van der Waals surface area (Å²) in [4.78, 5) is 7.01. The molecule has 4 rings (SSSR count). The van der Waals surface area contributed by atoms with Gasteiger partial charge in [-0.2, -0.15) is 10.2 Å². The number of hydrogen-bond donors (Lipinski definition) is 1. The number of pyridine rings is 1. The predicted octanol–water partition coefficient (Wildman–Crippen LogP) is 1.30. The van der Waals surface area contributed by atoms with E-state index in [1.54, 1.807) is 6.20 Å². The average Bonchev–Trinajstić information content (AvgIpc) is 3.21. The van der Waals surface area contributed by atoms with E-state index < -0.39 is 0 Å². The van der Waals surface area contributed by atoms with E-state index in [2.05, 4.69) is 16.1 Å². The van der Waals surface area contributed by atoms with Crippen LogP contribution in [0.4, 0.5) is 0 Å². The van der Waals surface area contributed by atoms with Crippen molar-refractivity contribution < 1.29 is 5.11 Å². The largest absolute Gasteiger partial charge is 0.395 e. The third-order valence-corrected chi connectivity index (χ3v) is 4.83. The fourth-order valence-electron chi connectivity index (χ4n) is 3.44. The Morgan fingerprint density at radius 1 is 1.21 bits per heavy atom. The summed E-state index contributed by atoms with van der Waals surface area (Å²) >= 11 is 0. The summed E-state index contributed by atoms with van der Waals surface area (Å²) in [7, 11) is 1.94. The smallest absolute Gasteiger partial charge is 0.155 e. The third kappa shape index (κ3) is 2.81. The molecule has 0 radical (unpaired) electrons. The van der Waals surface area contributed by atoms with Crippen LogP contribution < -0.4 is 0 Å². The fraction of sp³-hybridized carbons (Fsp3) is 0.471. The number of aliphatic hydroxyl groups is 1. The number of aliphatic hydroxyl groups excluding tert-OH is 1. The zero-order valence-electron chi connectivity index (χ0n) is 13.8. The predicted molar refractivity (Wildman–Crippen MR) is 90.7 cm³/mol. The lowest BCUT2D eigenvalue weighted by atomic mass is 9.96. The van der Waals surface area contributed by atoms with Crippen molar-refractivity contribution in [2.45, 2.75) is 18.8 Å². The monoisotopic (exact) mass is 326 g/mol. The summed E-state index contributed by atoms with van der Waals surface area (Å²) in [6, 6.07) is 6.07. The second-order valence-corrected chi connectivity index (χ2v) is 6.37. The maximum absolute atomic E-state index is 9.04. The number of hydrogen-bond acceptors (Lipinski definition) is 5. The fourth-order valence-corrected chi connectivity index (χ4v) is 3.44. The summed E-state index contributed by atoms with van der Waals surface area (Å²) in [6.45, 7) is 3.00. The molecular formula is C17H22N6O. The van der Waals surface area contributed by atoms with E-state index in [9.17, 15) is 0 Å². The number of aromatic nitrogens is 5. The summed E-state index contributed by atoms with van der Waals surface area (Å²) in [6.07, 6.45) is 5.91. The zero-order valence-corrected chi connectivity index (χ0v) is 13.8. The highest BCUT2D eigenvalue weighted by molar-refractivity contribution is 5.60. The summed E-state index contributed by atoms with van der Waals surface area (Å²) in [5.41, 5.74) is 3.02. The van der Waals surface area contributed by atoms with Gasteiger partial charge >= 0.3 is 0 Å². The van der Waals surface area contributed by atoms with Gasteiger partial charge in [-0.15, -0.1) is 0 Å². The Kier molecular flexibility index (Phi) is 4.03. The first-order chi connectivity index (χ1) is 11.7. The number of piperidine rings is 1. The number of nitrogens with zero attached hydrogens (tertiary/aromatic N) is 6. The maximum Gasteiger partial charge on any atom is 0.155 e. The van der Waals surface area contributed by atoms with E-state index in [4.69, 9.17) is 15.2 Å². The maximum atomic E-state index is 9.04. The molecule has 3 aromatic rings. The van der Waals surface area contributed by atoms with E-state index in [-0.39, 0.29) is 6.61 Å². The molecule has 0 atom stereocenters. The van der Waals surface area contributed by atoms with Gasteiger partial charge in [-0.1, -0.05) is 0 Å². The Morgan fingerprint density at radius 2 is 2.04 bits per heavy atom. The van der Waals surface area contributed by atoms with Gasteiger partial charge in [0.2, 0.25) is 0 Å². The molecule has 4 heterocycles. The molecule has 1 fully saturated rings. The van der Waals surface area contributed by atoms with Crippen molar-refractivity contribution in [3.05, 3.63) is 36.4 Å². The van der Waals surface area contributed by atoms with Gasteiger partial charge in [-0.3, -0.25) is 4.68 Å². The van der Waals surface area contributed by atoms with Crippen molar-refractivity contribution in [1.29, 1.82) is 0 Å². The molecule has 1 aliphatic rings. The SMILES string of the molecule is Cn1nccc1-c1ccc2nc(C3CCN(CCO)CC3)nn2c1. The lowest BCUT2D eigenvalue weighted by molar-refractivity contribution is 0.163. The van der Waals surface area contributed by atoms with Crippen molar-refractivity contribution in [3.63, 3.8) is 0 Å². The first-order valence-corrected chi connectivity index (χ1v) is 8.42. The highest BCUT2D eigenvalue weighted by Gasteiger charge is 2.23. The van der Waals surface area contributed by atoms with Crippen LogP contribution in [-0.2, 0) is 7.05 Å². The normalized spacial score (nSPS) is 16.9. The van der Waals surface area contributed by atoms with Crippen molar-refractivity contribution in [2.24, 2.45) is 7.05 Å². The molecule has 126 valence electrons. The van der Waals surface area contributed by atoms with Crippen molar-refractivity contribution in [3.8, 4) is 11.3 Å². The molecule has 0 amide bonds. The van der Waals surface area contributed by atoms with Crippen molar-refractivity contribution in [1.82, 2.24) is 29.3 Å². The van der Waals surface area contributed by atoms with E-state index in [1.807, 2.05) is 34.6 Å². The second kappa shape index (κ2) is 6.33. The molecule has 1 saturated heterocycles. The minimum Gasteiger partial charge on any atom is -0.395 e. The van der Waals surface area contributed by atoms with Crippen LogP contribution in [0.25, 0.3) is 16.9 Å². The van der Waals surface area contributed by atoms with Gasteiger partial charge in [0.05, 0.1) is 12.3 Å². The highest BCUT2D eigenvalue weighted by atomic mass is 16.3. The molecule has 0 bridgehead atoms. The molecule has 0 spiro atoms. The molecule has 0 aromatic carbocycles. The van der Waals surface area contributed by atoms with Crippen LogP contribution in [0.15, 0.2) is 30.6 Å². The van der Waals surface area contributed by atoms with Gasteiger partial charge in [0.25, 0.3) is 0 Å². The molecule has 0 unspecified atom stereocenters. The second-order valence-electron chi connectivity index (χ2n) is 6.37.